The molecular formula is C18H17N3O3. The molecule has 0 radical (unpaired) electrons. The molecule has 0 spiro atoms. The van der Waals surface area contributed by atoms with Crippen LogP contribution >= 0.6 is 0 Å². The van der Waals surface area contributed by atoms with Crippen molar-refractivity contribution < 1.29 is 14.4 Å². The standard InChI is InChI=1S/C18H17N3O3/c1-20(2)11-16(22)19-14-9-5-6-10-15(14)21-17(23)12-7-3-4-8-13(12)18(21)24/h3-10H,11H2,1-2H3,(H,19,22). The summed E-state index contributed by atoms with van der Waals surface area (Å²) in [4.78, 5) is 40.1. The zero-order chi connectivity index (χ0) is 17.3. The maximum atomic E-state index is 12.6. The first kappa shape index (κ1) is 15.9. The smallest absolute Gasteiger partial charge is 0.266 e. The number of imide groups is 1. The van der Waals surface area contributed by atoms with E-state index >= 15 is 0 Å². The lowest BCUT2D eigenvalue weighted by molar-refractivity contribution is -0.116. The Balaban J connectivity index is 1.95. The predicted octanol–water partition coefficient (Wildman–Crippen LogP) is 1.99. The van der Waals surface area contributed by atoms with Gasteiger partial charge in [-0.05, 0) is 38.4 Å². The van der Waals surface area contributed by atoms with Gasteiger partial charge in [0, 0.05) is 0 Å². The summed E-state index contributed by atoms with van der Waals surface area (Å²) in [6.07, 6.45) is 0. The van der Waals surface area contributed by atoms with E-state index in [1.165, 1.54) is 0 Å². The fraction of sp³-hybridized carbons (Fsp3) is 0.167. The molecule has 0 saturated carbocycles. The molecule has 0 unspecified atom stereocenters. The zero-order valence-corrected chi connectivity index (χ0v) is 13.4. The van der Waals surface area contributed by atoms with Gasteiger partial charge >= 0.3 is 0 Å². The van der Waals surface area contributed by atoms with Crippen molar-refractivity contribution in [2.24, 2.45) is 0 Å². The summed E-state index contributed by atoms with van der Waals surface area (Å²) in [7, 11) is 3.57. The molecular weight excluding hydrogens is 306 g/mol. The Hall–Kier alpha value is -2.99. The SMILES string of the molecule is CN(C)CC(=O)Nc1ccccc1N1C(=O)c2ccccc2C1=O. The molecule has 1 heterocycles. The van der Waals surface area contributed by atoms with Gasteiger partial charge in [0.2, 0.25) is 5.91 Å². The Morgan fingerprint density at radius 2 is 1.50 bits per heavy atom. The molecule has 0 atom stereocenters. The van der Waals surface area contributed by atoms with Crippen LogP contribution in [0.1, 0.15) is 20.7 Å². The first-order chi connectivity index (χ1) is 11.5. The van der Waals surface area contributed by atoms with Gasteiger partial charge < -0.3 is 10.2 Å². The third kappa shape index (κ3) is 2.79. The second-order valence-corrected chi connectivity index (χ2v) is 5.79. The number of likely N-dealkylation sites (N-methyl/N-ethyl adjacent to an activating group) is 1. The predicted molar refractivity (Wildman–Crippen MR) is 91.2 cm³/mol. The Kier molecular flexibility index (Phi) is 4.14. The van der Waals surface area contributed by atoms with Crippen LogP contribution in [0.5, 0.6) is 0 Å². The summed E-state index contributed by atoms with van der Waals surface area (Å²) >= 11 is 0. The van der Waals surface area contributed by atoms with E-state index in [1.54, 1.807) is 67.5 Å². The molecule has 3 amide bonds. The number of hydrogen-bond acceptors (Lipinski definition) is 4. The molecule has 0 aliphatic carbocycles. The molecule has 0 saturated heterocycles. The fourth-order valence-electron chi connectivity index (χ4n) is 2.66. The minimum atomic E-state index is -0.384. The normalized spacial score (nSPS) is 13.4. The summed E-state index contributed by atoms with van der Waals surface area (Å²) in [5.41, 5.74) is 1.54. The monoisotopic (exact) mass is 323 g/mol. The van der Waals surface area contributed by atoms with E-state index in [1.807, 2.05) is 0 Å². The van der Waals surface area contributed by atoms with Crippen LogP contribution in [0.2, 0.25) is 0 Å². The highest BCUT2D eigenvalue weighted by molar-refractivity contribution is 6.35. The largest absolute Gasteiger partial charge is 0.323 e. The number of anilines is 2. The zero-order valence-electron chi connectivity index (χ0n) is 13.4. The van der Waals surface area contributed by atoms with E-state index in [2.05, 4.69) is 5.32 Å². The van der Waals surface area contributed by atoms with Crippen molar-refractivity contribution in [3.63, 3.8) is 0 Å². The Morgan fingerprint density at radius 1 is 0.958 bits per heavy atom. The van der Waals surface area contributed by atoms with Gasteiger partial charge in [0.1, 0.15) is 0 Å². The number of nitrogens with one attached hydrogen (secondary N) is 1. The molecule has 2 aromatic carbocycles. The van der Waals surface area contributed by atoms with Crippen molar-refractivity contribution in [2.75, 3.05) is 30.9 Å². The molecule has 1 aliphatic heterocycles. The van der Waals surface area contributed by atoms with Crippen molar-refractivity contribution >= 4 is 29.1 Å². The Labute approximate surface area is 139 Å². The van der Waals surface area contributed by atoms with E-state index < -0.39 is 0 Å². The highest BCUT2D eigenvalue weighted by Gasteiger charge is 2.37. The molecule has 122 valence electrons. The van der Waals surface area contributed by atoms with E-state index in [9.17, 15) is 14.4 Å². The molecule has 0 bridgehead atoms. The van der Waals surface area contributed by atoms with Crippen LogP contribution in [0.25, 0.3) is 0 Å². The number of amides is 3. The number of nitrogens with zero attached hydrogens (tertiary/aromatic N) is 2. The fourth-order valence-corrected chi connectivity index (χ4v) is 2.66. The number of rotatable bonds is 4. The van der Waals surface area contributed by atoms with Crippen LogP contribution in [-0.2, 0) is 4.79 Å². The van der Waals surface area contributed by atoms with Crippen LogP contribution in [0, 0.1) is 0 Å². The van der Waals surface area contributed by atoms with Crippen LogP contribution in [0.15, 0.2) is 48.5 Å². The second kappa shape index (κ2) is 6.25. The van der Waals surface area contributed by atoms with Crippen molar-refractivity contribution in [1.29, 1.82) is 0 Å². The molecule has 6 heteroatoms. The average Bonchev–Trinajstić information content (AvgIpc) is 2.79. The summed E-state index contributed by atoms with van der Waals surface area (Å²) in [6, 6.07) is 13.5. The van der Waals surface area contributed by atoms with E-state index in [4.69, 9.17) is 0 Å². The van der Waals surface area contributed by atoms with Crippen LogP contribution < -0.4 is 10.2 Å². The van der Waals surface area contributed by atoms with Gasteiger partial charge in [0.15, 0.2) is 0 Å². The number of hydrogen-bond donors (Lipinski definition) is 1. The molecule has 0 aromatic heterocycles. The summed E-state index contributed by atoms with van der Waals surface area (Å²) in [6.45, 7) is 0.205. The molecule has 0 fully saturated rings. The van der Waals surface area contributed by atoms with Crippen LogP contribution in [-0.4, -0.2) is 43.3 Å². The molecule has 1 N–H and O–H groups in total. The van der Waals surface area contributed by atoms with Crippen molar-refractivity contribution in [3.8, 4) is 0 Å². The number of fused-ring (bicyclic) bond motifs is 1. The lowest BCUT2D eigenvalue weighted by atomic mass is 10.1. The second-order valence-electron chi connectivity index (χ2n) is 5.79. The van der Waals surface area contributed by atoms with Gasteiger partial charge in [-0.2, -0.15) is 0 Å². The minimum absolute atomic E-state index is 0.205. The highest BCUT2D eigenvalue weighted by Crippen LogP contribution is 2.33. The van der Waals surface area contributed by atoms with Crippen molar-refractivity contribution in [1.82, 2.24) is 4.90 Å². The van der Waals surface area contributed by atoms with E-state index in [-0.39, 0.29) is 24.3 Å². The topological polar surface area (TPSA) is 69.7 Å². The molecule has 24 heavy (non-hydrogen) atoms. The van der Waals surface area contributed by atoms with Crippen molar-refractivity contribution in [3.05, 3.63) is 59.7 Å². The molecule has 6 nitrogen and oxygen atoms in total. The Bertz CT molecular complexity index is 795. The molecule has 1 aliphatic rings. The van der Waals surface area contributed by atoms with Gasteiger partial charge in [-0.15, -0.1) is 0 Å². The van der Waals surface area contributed by atoms with E-state index in [0.717, 1.165) is 4.90 Å². The first-order valence-electron chi connectivity index (χ1n) is 7.50. The van der Waals surface area contributed by atoms with E-state index in [0.29, 0.717) is 22.5 Å². The number of carbonyl (C=O) groups is 3. The van der Waals surface area contributed by atoms with Gasteiger partial charge in [-0.25, -0.2) is 4.90 Å². The number of para-hydroxylation sites is 2. The van der Waals surface area contributed by atoms with Crippen LogP contribution in [0.4, 0.5) is 11.4 Å². The van der Waals surface area contributed by atoms with Gasteiger partial charge in [-0.3, -0.25) is 14.4 Å². The number of benzene rings is 2. The molecule has 3 rings (SSSR count). The number of carbonyl (C=O) groups excluding carboxylic acids is 3. The lowest BCUT2D eigenvalue weighted by Gasteiger charge is -2.19. The third-order valence-corrected chi connectivity index (χ3v) is 3.67. The third-order valence-electron chi connectivity index (χ3n) is 3.67. The Morgan fingerprint density at radius 3 is 2.08 bits per heavy atom. The van der Waals surface area contributed by atoms with Gasteiger partial charge in [0.25, 0.3) is 11.8 Å². The first-order valence-corrected chi connectivity index (χ1v) is 7.50. The summed E-state index contributed by atoms with van der Waals surface area (Å²) in [5, 5.41) is 2.76. The quantitative estimate of drug-likeness (QED) is 0.874. The molecule has 2 aromatic rings. The highest BCUT2D eigenvalue weighted by atomic mass is 16.2. The lowest BCUT2D eigenvalue weighted by Crippen LogP contribution is -2.32. The minimum Gasteiger partial charge on any atom is -0.323 e. The van der Waals surface area contributed by atoms with Crippen LogP contribution in [0.3, 0.4) is 0 Å². The van der Waals surface area contributed by atoms with Crippen molar-refractivity contribution in [2.45, 2.75) is 0 Å². The van der Waals surface area contributed by atoms with Gasteiger partial charge in [-0.1, -0.05) is 24.3 Å². The average molecular weight is 323 g/mol. The maximum Gasteiger partial charge on any atom is 0.266 e. The summed E-state index contributed by atoms with van der Waals surface area (Å²) < 4.78 is 0. The summed E-state index contributed by atoms with van der Waals surface area (Å²) in [5.74, 6) is -0.987. The van der Waals surface area contributed by atoms with Gasteiger partial charge in [0.05, 0.1) is 29.0 Å². The maximum absolute atomic E-state index is 12.6.